The van der Waals surface area contributed by atoms with Crippen LogP contribution in [0.2, 0.25) is 0 Å². The molecule has 20 heavy (non-hydrogen) atoms. The van der Waals surface area contributed by atoms with Crippen molar-refractivity contribution in [2.75, 3.05) is 14.2 Å². The second-order valence-corrected chi connectivity index (χ2v) is 5.20. The van der Waals surface area contributed by atoms with Crippen molar-refractivity contribution in [3.63, 3.8) is 0 Å². The van der Waals surface area contributed by atoms with E-state index >= 15 is 0 Å². The molecule has 5 nitrogen and oxygen atoms in total. The van der Waals surface area contributed by atoms with Gasteiger partial charge in [-0.3, -0.25) is 4.79 Å². The molecule has 1 fully saturated rings. The van der Waals surface area contributed by atoms with E-state index in [0.29, 0.717) is 18.6 Å². The molecule has 0 spiro atoms. The third-order valence-electron chi connectivity index (χ3n) is 3.97. The molecule has 0 radical (unpaired) electrons. The quantitative estimate of drug-likeness (QED) is 0.846. The second-order valence-electron chi connectivity index (χ2n) is 5.20. The minimum absolute atomic E-state index is 0.0901. The van der Waals surface area contributed by atoms with Crippen LogP contribution in [-0.4, -0.2) is 53.4 Å². The Balaban J connectivity index is 2.04. The standard InChI is InChI=1S/C15H21NO4/c1-16(11-7-8-12(17)15(11)19)14(18)9-10-5-3-4-6-13(10)20-2/h3-6,11-12,15,17,19H,7-9H2,1-2H3/t11-,12-,15-/m1/s1. The first-order valence-corrected chi connectivity index (χ1v) is 6.78. The van der Waals surface area contributed by atoms with Crippen LogP contribution in [0.4, 0.5) is 0 Å². The minimum Gasteiger partial charge on any atom is -0.496 e. The zero-order valence-corrected chi connectivity index (χ0v) is 11.8. The fraction of sp³-hybridized carbons (Fsp3) is 0.533. The number of likely N-dealkylation sites (N-methyl/N-ethyl adjacent to an activating group) is 1. The topological polar surface area (TPSA) is 70.0 Å². The van der Waals surface area contributed by atoms with Gasteiger partial charge in [-0.1, -0.05) is 18.2 Å². The predicted molar refractivity (Wildman–Crippen MR) is 74.5 cm³/mol. The number of ether oxygens (including phenoxy) is 1. The zero-order valence-electron chi connectivity index (χ0n) is 11.8. The van der Waals surface area contributed by atoms with Crippen molar-refractivity contribution in [3.8, 4) is 5.75 Å². The first-order valence-electron chi connectivity index (χ1n) is 6.78. The lowest BCUT2D eigenvalue weighted by atomic mass is 10.1. The average molecular weight is 279 g/mol. The molecule has 1 saturated carbocycles. The van der Waals surface area contributed by atoms with Gasteiger partial charge in [-0.05, 0) is 18.9 Å². The molecule has 5 heteroatoms. The summed E-state index contributed by atoms with van der Waals surface area (Å²) in [5.41, 5.74) is 0.819. The molecule has 1 aromatic rings. The summed E-state index contributed by atoms with van der Waals surface area (Å²) in [5, 5.41) is 19.4. The summed E-state index contributed by atoms with van der Waals surface area (Å²) in [7, 11) is 3.24. The normalized spacial score (nSPS) is 25.5. The number of rotatable bonds is 4. The van der Waals surface area contributed by atoms with Gasteiger partial charge in [-0.25, -0.2) is 0 Å². The van der Waals surface area contributed by atoms with Crippen molar-refractivity contribution in [1.82, 2.24) is 4.90 Å². The van der Waals surface area contributed by atoms with E-state index in [1.165, 1.54) is 4.90 Å². The number of hydrogen-bond donors (Lipinski definition) is 2. The van der Waals surface area contributed by atoms with E-state index in [4.69, 9.17) is 4.74 Å². The number of benzene rings is 1. The van der Waals surface area contributed by atoms with Crippen LogP contribution < -0.4 is 4.74 Å². The van der Waals surface area contributed by atoms with Gasteiger partial charge < -0.3 is 19.8 Å². The van der Waals surface area contributed by atoms with Crippen LogP contribution in [0.5, 0.6) is 5.75 Å². The summed E-state index contributed by atoms with van der Waals surface area (Å²) in [6.45, 7) is 0. The summed E-state index contributed by atoms with van der Waals surface area (Å²) >= 11 is 0. The molecule has 0 aliphatic heterocycles. The van der Waals surface area contributed by atoms with Crippen LogP contribution >= 0.6 is 0 Å². The molecule has 1 amide bonds. The number of amides is 1. The molecule has 2 N–H and O–H groups in total. The largest absolute Gasteiger partial charge is 0.496 e. The van der Waals surface area contributed by atoms with Crippen molar-refractivity contribution in [1.29, 1.82) is 0 Å². The highest BCUT2D eigenvalue weighted by atomic mass is 16.5. The van der Waals surface area contributed by atoms with Crippen molar-refractivity contribution < 1.29 is 19.7 Å². The molecule has 0 saturated heterocycles. The highest BCUT2D eigenvalue weighted by molar-refractivity contribution is 5.79. The van der Waals surface area contributed by atoms with E-state index in [0.717, 1.165) is 5.56 Å². The van der Waals surface area contributed by atoms with Crippen LogP contribution in [0.1, 0.15) is 18.4 Å². The van der Waals surface area contributed by atoms with Crippen LogP contribution in [-0.2, 0) is 11.2 Å². The number of aliphatic hydroxyl groups is 2. The Hall–Kier alpha value is -1.59. The lowest BCUT2D eigenvalue weighted by Gasteiger charge is -2.28. The molecular weight excluding hydrogens is 258 g/mol. The van der Waals surface area contributed by atoms with Gasteiger partial charge in [0.2, 0.25) is 5.91 Å². The number of aliphatic hydroxyl groups excluding tert-OH is 2. The smallest absolute Gasteiger partial charge is 0.227 e. The zero-order chi connectivity index (χ0) is 14.7. The Morgan fingerprint density at radius 1 is 1.35 bits per heavy atom. The number of carbonyl (C=O) groups is 1. The maximum absolute atomic E-state index is 12.3. The van der Waals surface area contributed by atoms with Crippen molar-refractivity contribution in [2.45, 2.75) is 37.5 Å². The molecular formula is C15H21NO4. The van der Waals surface area contributed by atoms with Gasteiger partial charge in [0.1, 0.15) is 11.9 Å². The summed E-state index contributed by atoms with van der Waals surface area (Å²) in [4.78, 5) is 13.8. The lowest BCUT2D eigenvalue weighted by Crippen LogP contribution is -2.44. The van der Waals surface area contributed by atoms with Crippen LogP contribution in [0.25, 0.3) is 0 Å². The maximum Gasteiger partial charge on any atom is 0.227 e. The predicted octanol–water partition coefficient (Wildman–Crippen LogP) is 0.580. The van der Waals surface area contributed by atoms with Crippen LogP contribution in [0.15, 0.2) is 24.3 Å². The highest BCUT2D eigenvalue weighted by Crippen LogP contribution is 2.25. The van der Waals surface area contributed by atoms with Gasteiger partial charge in [0.05, 0.1) is 25.7 Å². The van der Waals surface area contributed by atoms with E-state index in [9.17, 15) is 15.0 Å². The van der Waals surface area contributed by atoms with Gasteiger partial charge in [-0.15, -0.1) is 0 Å². The Kier molecular flexibility index (Phi) is 4.62. The van der Waals surface area contributed by atoms with E-state index in [2.05, 4.69) is 0 Å². The molecule has 1 aliphatic carbocycles. The molecule has 3 atom stereocenters. The molecule has 110 valence electrons. The van der Waals surface area contributed by atoms with Gasteiger partial charge in [0.25, 0.3) is 0 Å². The Morgan fingerprint density at radius 3 is 2.65 bits per heavy atom. The summed E-state index contributed by atoms with van der Waals surface area (Å²) in [5.74, 6) is 0.592. The van der Waals surface area contributed by atoms with Crippen LogP contribution in [0.3, 0.4) is 0 Å². The number of methoxy groups -OCH3 is 1. The SMILES string of the molecule is COc1ccccc1CC(=O)N(C)[C@@H]1CC[C@@H](O)[C@@H]1O. The van der Waals surface area contributed by atoms with Crippen molar-refractivity contribution in [3.05, 3.63) is 29.8 Å². The molecule has 0 unspecified atom stereocenters. The third-order valence-corrected chi connectivity index (χ3v) is 3.97. The Bertz CT molecular complexity index is 477. The lowest BCUT2D eigenvalue weighted by molar-refractivity contribution is -0.133. The first-order chi connectivity index (χ1) is 9.54. The molecule has 0 bridgehead atoms. The number of para-hydroxylation sites is 1. The average Bonchev–Trinajstić information content (AvgIpc) is 2.78. The Morgan fingerprint density at radius 2 is 2.05 bits per heavy atom. The first kappa shape index (κ1) is 14.8. The number of carbonyl (C=O) groups excluding carboxylic acids is 1. The monoisotopic (exact) mass is 279 g/mol. The fourth-order valence-electron chi connectivity index (χ4n) is 2.68. The Labute approximate surface area is 118 Å². The van der Waals surface area contributed by atoms with Crippen molar-refractivity contribution >= 4 is 5.91 Å². The maximum atomic E-state index is 12.3. The van der Waals surface area contributed by atoms with Gasteiger partial charge in [0.15, 0.2) is 0 Å². The number of hydrogen-bond acceptors (Lipinski definition) is 4. The molecule has 0 heterocycles. The van der Waals surface area contributed by atoms with Gasteiger partial charge >= 0.3 is 0 Å². The fourth-order valence-corrected chi connectivity index (χ4v) is 2.68. The van der Waals surface area contributed by atoms with E-state index in [-0.39, 0.29) is 18.4 Å². The van der Waals surface area contributed by atoms with Gasteiger partial charge in [0, 0.05) is 12.6 Å². The summed E-state index contributed by atoms with van der Waals surface area (Å²) < 4.78 is 5.23. The van der Waals surface area contributed by atoms with E-state index in [1.807, 2.05) is 24.3 Å². The van der Waals surface area contributed by atoms with Crippen molar-refractivity contribution in [2.24, 2.45) is 0 Å². The number of nitrogens with zero attached hydrogens (tertiary/aromatic N) is 1. The van der Waals surface area contributed by atoms with Gasteiger partial charge in [-0.2, -0.15) is 0 Å². The molecule has 2 rings (SSSR count). The third kappa shape index (κ3) is 2.94. The summed E-state index contributed by atoms with van der Waals surface area (Å²) in [6.07, 6.45) is -0.225. The van der Waals surface area contributed by atoms with E-state index < -0.39 is 12.2 Å². The second kappa shape index (κ2) is 6.24. The molecule has 1 aromatic carbocycles. The van der Waals surface area contributed by atoms with E-state index in [1.54, 1.807) is 14.2 Å². The highest BCUT2D eigenvalue weighted by Gasteiger charge is 2.37. The summed E-state index contributed by atoms with van der Waals surface area (Å²) in [6, 6.07) is 7.07. The molecule has 0 aromatic heterocycles. The van der Waals surface area contributed by atoms with Crippen LogP contribution in [0, 0.1) is 0 Å². The molecule has 1 aliphatic rings. The minimum atomic E-state index is -0.860.